The molecule has 0 aliphatic carbocycles. The molecular weight excluding hydrogens is 224 g/mol. The average molecular weight is 239 g/mol. The molecule has 2 fully saturated rings. The number of nitrogens with one attached hydrogen (secondary N) is 1. The number of fused-ring (bicyclic) bond motifs is 1. The predicted molar refractivity (Wildman–Crippen MR) is 62.2 cm³/mol. The summed E-state index contributed by atoms with van der Waals surface area (Å²) >= 11 is 5.71. The fourth-order valence-corrected chi connectivity index (χ4v) is 2.83. The topological polar surface area (TPSA) is 41.1 Å². The fraction of sp³-hybridized carbons (Fsp3) is 0.636. The maximum absolute atomic E-state index is 5.71. The second kappa shape index (κ2) is 4.28. The second-order valence-electron chi connectivity index (χ2n) is 4.70. The Balaban J connectivity index is 1.62. The molecule has 2 saturated heterocycles. The van der Waals surface area contributed by atoms with Gasteiger partial charge in [-0.15, -0.1) is 0 Å². The first-order chi connectivity index (χ1) is 7.81. The number of hydrogen-bond donors (Lipinski definition) is 1. The lowest BCUT2D eigenvalue weighted by atomic mass is 10.0. The van der Waals surface area contributed by atoms with Crippen molar-refractivity contribution >= 4 is 11.6 Å². The minimum atomic E-state index is 0.464. The van der Waals surface area contributed by atoms with Gasteiger partial charge in [0.25, 0.3) is 0 Å². The minimum Gasteiger partial charge on any atom is -0.316 e. The Bertz CT molecular complexity index is 355. The van der Waals surface area contributed by atoms with Crippen LogP contribution in [0.5, 0.6) is 0 Å². The van der Waals surface area contributed by atoms with Crippen molar-refractivity contribution in [1.29, 1.82) is 0 Å². The molecule has 5 heteroatoms. The van der Waals surface area contributed by atoms with Gasteiger partial charge in [0.15, 0.2) is 0 Å². The van der Waals surface area contributed by atoms with Crippen molar-refractivity contribution in [2.45, 2.75) is 6.54 Å². The Morgan fingerprint density at radius 3 is 2.62 bits per heavy atom. The molecule has 0 aromatic carbocycles. The first-order valence-electron chi connectivity index (χ1n) is 5.71. The largest absolute Gasteiger partial charge is 0.316 e. The van der Waals surface area contributed by atoms with Gasteiger partial charge < -0.3 is 5.32 Å². The molecule has 2 aliphatic heterocycles. The monoisotopic (exact) mass is 238 g/mol. The molecule has 2 atom stereocenters. The molecule has 2 aliphatic rings. The fourth-order valence-electron chi connectivity index (χ4n) is 2.73. The van der Waals surface area contributed by atoms with E-state index in [0.717, 1.165) is 24.1 Å². The maximum atomic E-state index is 5.71. The molecule has 1 aromatic rings. The highest BCUT2D eigenvalue weighted by Crippen LogP contribution is 2.26. The molecular formula is C11H15ClN4. The van der Waals surface area contributed by atoms with Gasteiger partial charge in [0, 0.05) is 19.6 Å². The third-order valence-corrected chi connectivity index (χ3v) is 3.72. The number of aromatic nitrogens is 2. The molecule has 86 valence electrons. The lowest BCUT2D eigenvalue weighted by Crippen LogP contribution is -2.25. The van der Waals surface area contributed by atoms with Gasteiger partial charge in [-0.1, -0.05) is 11.6 Å². The molecule has 3 rings (SSSR count). The van der Waals surface area contributed by atoms with E-state index in [4.69, 9.17) is 11.6 Å². The highest BCUT2D eigenvalue weighted by molar-refractivity contribution is 6.29. The van der Waals surface area contributed by atoms with E-state index in [-0.39, 0.29) is 0 Å². The van der Waals surface area contributed by atoms with Crippen LogP contribution in [0.2, 0.25) is 5.15 Å². The van der Waals surface area contributed by atoms with Crippen LogP contribution in [0.3, 0.4) is 0 Å². The van der Waals surface area contributed by atoms with Crippen LogP contribution in [0.4, 0.5) is 0 Å². The molecule has 16 heavy (non-hydrogen) atoms. The number of halogens is 1. The minimum absolute atomic E-state index is 0.464. The van der Waals surface area contributed by atoms with E-state index in [9.17, 15) is 0 Å². The van der Waals surface area contributed by atoms with Crippen molar-refractivity contribution in [2.24, 2.45) is 11.8 Å². The molecule has 0 radical (unpaired) electrons. The van der Waals surface area contributed by atoms with Crippen LogP contribution >= 0.6 is 11.6 Å². The van der Waals surface area contributed by atoms with Crippen LogP contribution in [-0.4, -0.2) is 41.0 Å². The zero-order valence-electron chi connectivity index (χ0n) is 9.06. The van der Waals surface area contributed by atoms with Crippen molar-refractivity contribution in [3.05, 3.63) is 23.2 Å². The SMILES string of the molecule is Clc1cnc(CN2C[C@H]3CNC[C@H]3C2)cn1. The van der Waals surface area contributed by atoms with Gasteiger partial charge >= 0.3 is 0 Å². The van der Waals surface area contributed by atoms with Gasteiger partial charge in [0.2, 0.25) is 0 Å². The van der Waals surface area contributed by atoms with Crippen LogP contribution in [0, 0.1) is 11.8 Å². The Hall–Kier alpha value is -0.710. The second-order valence-corrected chi connectivity index (χ2v) is 5.09. The normalized spacial score (nSPS) is 29.6. The summed E-state index contributed by atoms with van der Waals surface area (Å²) in [5.41, 5.74) is 1.01. The van der Waals surface area contributed by atoms with Gasteiger partial charge in [-0.25, -0.2) is 4.98 Å². The Morgan fingerprint density at radius 1 is 1.25 bits per heavy atom. The van der Waals surface area contributed by atoms with Gasteiger partial charge in [-0.2, -0.15) is 0 Å². The summed E-state index contributed by atoms with van der Waals surface area (Å²) in [6.07, 6.45) is 3.39. The lowest BCUT2D eigenvalue weighted by molar-refractivity contribution is 0.301. The molecule has 0 saturated carbocycles. The quantitative estimate of drug-likeness (QED) is 0.827. The summed E-state index contributed by atoms with van der Waals surface area (Å²) in [4.78, 5) is 10.8. The number of likely N-dealkylation sites (tertiary alicyclic amines) is 1. The van der Waals surface area contributed by atoms with E-state index in [1.54, 1.807) is 12.4 Å². The highest BCUT2D eigenvalue weighted by atomic mass is 35.5. The zero-order chi connectivity index (χ0) is 11.0. The van der Waals surface area contributed by atoms with E-state index in [1.807, 2.05) is 0 Å². The number of rotatable bonds is 2. The smallest absolute Gasteiger partial charge is 0.147 e. The van der Waals surface area contributed by atoms with Gasteiger partial charge in [-0.05, 0) is 24.9 Å². The molecule has 1 aromatic heterocycles. The van der Waals surface area contributed by atoms with Crippen molar-refractivity contribution in [3.8, 4) is 0 Å². The van der Waals surface area contributed by atoms with Crippen molar-refractivity contribution in [2.75, 3.05) is 26.2 Å². The summed E-state index contributed by atoms with van der Waals surface area (Å²) in [6, 6.07) is 0. The summed E-state index contributed by atoms with van der Waals surface area (Å²) < 4.78 is 0. The van der Waals surface area contributed by atoms with E-state index in [0.29, 0.717) is 5.15 Å². The first-order valence-corrected chi connectivity index (χ1v) is 6.08. The Kier molecular flexibility index (Phi) is 2.79. The third kappa shape index (κ3) is 2.05. The van der Waals surface area contributed by atoms with Gasteiger partial charge in [-0.3, -0.25) is 9.88 Å². The highest BCUT2D eigenvalue weighted by Gasteiger charge is 2.35. The molecule has 0 spiro atoms. The van der Waals surface area contributed by atoms with Crippen LogP contribution in [0.1, 0.15) is 5.69 Å². The maximum Gasteiger partial charge on any atom is 0.147 e. The van der Waals surface area contributed by atoms with Crippen LogP contribution < -0.4 is 5.32 Å². The molecule has 1 N–H and O–H groups in total. The third-order valence-electron chi connectivity index (χ3n) is 3.52. The number of hydrogen-bond acceptors (Lipinski definition) is 4. The number of nitrogens with zero attached hydrogens (tertiary/aromatic N) is 3. The van der Waals surface area contributed by atoms with Crippen LogP contribution in [0.25, 0.3) is 0 Å². The van der Waals surface area contributed by atoms with Crippen molar-refractivity contribution in [1.82, 2.24) is 20.2 Å². The summed E-state index contributed by atoms with van der Waals surface area (Å²) in [6.45, 7) is 5.61. The van der Waals surface area contributed by atoms with Crippen LogP contribution in [-0.2, 0) is 6.54 Å². The van der Waals surface area contributed by atoms with Gasteiger partial charge in [0.05, 0.1) is 18.1 Å². The molecule has 0 bridgehead atoms. The zero-order valence-corrected chi connectivity index (χ0v) is 9.82. The van der Waals surface area contributed by atoms with Crippen LogP contribution in [0.15, 0.2) is 12.4 Å². The van der Waals surface area contributed by atoms with Gasteiger partial charge in [0.1, 0.15) is 5.15 Å². The predicted octanol–water partition coefficient (Wildman–Crippen LogP) is 0.781. The summed E-state index contributed by atoms with van der Waals surface area (Å²) in [5, 5.41) is 3.91. The molecule has 0 unspecified atom stereocenters. The van der Waals surface area contributed by atoms with E-state index in [2.05, 4.69) is 20.2 Å². The summed E-state index contributed by atoms with van der Waals surface area (Å²) in [5.74, 6) is 1.67. The lowest BCUT2D eigenvalue weighted by Gasteiger charge is -2.15. The Morgan fingerprint density at radius 2 is 2.00 bits per heavy atom. The van der Waals surface area contributed by atoms with E-state index >= 15 is 0 Å². The first kappa shape index (κ1) is 10.4. The molecule has 4 nitrogen and oxygen atoms in total. The van der Waals surface area contributed by atoms with E-state index < -0.39 is 0 Å². The van der Waals surface area contributed by atoms with Crippen molar-refractivity contribution < 1.29 is 0 Å². The molecule has 0 amide bonds. The Labute approximate surface area is 100 Å². The van der Waals surface area contributed by atoms with Crippen molar-refractivity contribution in [3.63, 3.8) is 0 Å². The molecule has 3 heterocycles. The summed E-state index contributed by atoms with van der Waals surface area (Å²) in [7, 11) is 0. The average Bonchev–Trinajstić information content (AvgIpc) is 2.81. The van der Waals surface area contributed by atoms with E-state index in [1.165, 1.54) is 26.2 Å². The standard InChI is InChI=1S/C11H15ClN4/c12-11-4-14-10(3-15-11)7-16-5-8-1-13-2-9(8)6-16/h3-4,8-9,13H,1-2,5-7H2/t8-,9+.